The fourth-order valence-electron chi connectivity index (χ4n) is 1.43. The Morgan fingerprint density at radius 2 is 2.27 bits per heavy atom. The van der Waals surface area contributed by atoms with Crippen molar-refractivity contribution < 1.29 is 4.39 Å². The standard InChI is InChI=1S/C9H16FN/c1-4-8-7(10)5-9(11-8)6(2)3/h6-7,9H,4-5H2,1-3H3. The second-order valence-electron chi connectivity index (χ2n) is 3.49. The summed E-state index contributed by atoms with van der Waals surface area (Å²) < 4.78 is 13.1. The van der Waals surface area contributed by atoms with E-state index in [0.29, 0.717) is 12.3 Å². The highest BCUT2D eigenvalue weighted by molar-refractivity contribution is 5.90. The molecule has 0 aromatic rings. The molecule has 2 atom stereocenters. The maximum Gasteiger partial charge on any atom is 0.140 e. The van der Waals surface area contributed by atoms with Crippen molar-refractivity contribution in [2.45, 2.75) is 45.8 Å². The monoisotopic (exact) mass is 157 g/mol. The number of aliphatic imine (C=N–C) groups is 1. The van der Waals surface area contributed by atoms with Crippen molar-refractivity contribution in [1.29, 1.82) is 0 Å². The van der Waals surface area contributed by atoms with E-state index in [4.69, 9.17) is 0 Å². The van der Waals surface area contributed by atoms with Crippen LogP contribution in [0.2, 0.25) is 0 Å². The van der Waals surface area contributed by atoms with E-state index in [2.05, 4.69) is 18.8 Å². The summed E-state index contributed by atoms with van der Waals surface area (Å²) in [7, 11) is 0. The normalized spacial score (nSPS) is 31.2. The molecule has 0 bridgehead atoms. The summed E-state index contributed by atoms with van der Waals surface area (Å²) in [5, 5.41) is 0. The third-order valence-corrected chi connectivity index (χ3v) is 2.27. The van der Waals surface area contributed by atoms with Crippen LogP contribution in [0.4, 0.5) is 4.39 Å². The number of halogens is 1. The highest BCUT2D eigenvalue weighted by Gasteiger charge is 2.28. The van der Waals surface area contributed by atoms with Gasteiger partial charge >= 0.3 is 0 Å². The Morgan fingerprint density at radius 3 is 2.55 bits per heavy atom. The second-order valence-corrected chi connectivity index (χ2v) is 3.49. The van der Waals surface area contributed by atoms with Crippen LogP contribution in [-0.2, 0) is 0 Å². The summed E-state index contributed by atoms with van der Waals surface area (Å²) in [5.41, 5.74) is 0.767. The average Bonchev–Trinajstić information content (AvgIpc) is 2.31. The zero-order chi connectivity index (χ0) is 8.43. The smallest absolute Gasteiger partial charge is 0.140 e. The molecule has 0 fully saturated rings. The van der Waals surface area contributed by atoms with Crippen LogP contribution in [0.15, 0.2) is 4.99 Å². The summed E-state index contributed by atoms with van der Waals surface area (Å²) in [6.07, 6.45) is 0.623. The van der Waals surface area contributed by atoms with Crippen molar-refractivity contribution in [2.24, 2.45) is 10.9 Å². The first kappa shape index (κ1) is 8.69. The van der Waals surface area contributed by atoms with Gasteiger partial charge in [-0.25, -0.2) is 4.39 Å². The Labute approximate surface area is 67.7 Å². The van der Waals surface area contributed by atoms with Gasteiger partial charge < -0.3 is 0 Å². The van der Waals surface area contributed by atoms with Gasteiger partial charge in [-0.3, -0.25) is 4.99 Å². The number of hydrogen-bond acceptors (Lipinski definition) is 1. The van der Waals surface area contributed by atoms with Crippen molar-refractivity contribution >= 4 is 5.71 Å². The molecule has 0 aromatic carbocycles. The van der Waals surface area contributed by atoms with Gasteiger partial charge in [-0.2, -0.15) is 0 Å². The molecule has 2 unspecified atom stereocenters. The first-order valence-corrected chi connectivity index (χ1v) is 4.35. The van der Waals surface area contributed by atoms with Crippen molar-refractivity contribution in [1.82, 2.24) is 0 Å². The lowest BCUT2D eigenvalue weighted by molar-refractivity contribution is 0.367. The number of hydrogen-bond donors (Lipinski definition) is 0. The molecule has 0 aliphatic carbocycles. The molecule has 64 valence electrons. The van der Waals surface area contributed by atoms with E-state index in [1.807, 2.05) is 6.92 Å². The lowest BCUT2D eigenvalue weighted by atomic mass is 10.0. The second kappa shape index (κ2) is 3.33. The van der Waals surface area contributed by atoms with Crippen molar-refractivity contribution in [3.05, 3.63) is 0 Å². The SMILES string of the molecule is CCC1=NC(C(C)C)CC1F. The summed E-state index contributed by atoms with van der Waals surface area (Å²) in [5.74, 6) is 0.484. The highest BCUT2D eigenvalue weighted by Crippen LogP contribution is 2.23. The Hall–Kier alpha value is -0.400. The minimum absolute atomic E-state index is 0.236. The lowest BCUT2D eigenvalue weighted by Crippen LogP contribution is -2.12. The Balaban J connectivity index is 2.59. The first-order valence-electron chi connectivity index (χ1n) is 4.35. The van der Waals surface area contributed by atoms with Crippen molar-refractivity contribution in [2.75, 3.05) is 0 Å². The molecular weight excluding hydrogens is 141 g/mol. The molecule has 0 radical (unpaired) electrons. The molecule has 1 nitrogen and oxygen atoms in total. The van der Waals surface area contributed by atoms with Crippen LogP contribution in [0, 0.1) is 5.92 Å². The van der Waals surface area contributed by atoms with Crippen molar-refractivity contribution in [3.63, 3.8) is 0 Å². The minimum Gasteiger partial charge on any atom is -0.287 e. The summed E-state index contributed by atoms with van der Waals surface area (Å²) >= 11 is 0. The molecule has 0 amide bonds. The molecule has 1 aliphatic heterocycles. The van der Waals surface area contributed by atoms with E-state index in [0.717, 1.165) is 12.1 Å². The molecule has 11 heavy (non-hydrogen) atoms. The van der Waals surface area contributed by atoms with Crippen LogP contribution in [0.1, 0.15) is 33.6 Å². The fourth-order valence-corrected chi connectivity index (χ4v) is 1.43. The molecule has 0 spiro atoms. The van der Waals surface area contributed by atoms with Gasteiger partial charge in [-0.1, -0.05) is 20.8 Å². The van der Waals surface area contributed by atoms with Gasteiger partial charge in [0.05, 0.1) is 6.04 Å². The Morgan fingerprint density at radius 1 is 1.64 bits per heavy atom. The van der Waals surface area contributed by atoms with Crippen LogP contribution in [0.5, 0.6) is 0 Å². The van der Waals surface area contributed by atoms with Gasteiger partial charge in [0.15, 0.2) is 0 Å². The van der Waals surface area contributed by atoms with E-state index in [9.17, 15) is 4.39 Å². The Kier molecular flexibility index (Phi) is 2.63. The number of nitrogens with zero attached hydrogens (tertiary/aromatic N) is 1. The number of alkyl halides is 1. The van der Waals surface area contributed by atoms with Crippen molar-refractivity contribution in [3.8, 4) is 0 Å². The van der Waals surface area contributed by atoms with Crippen LogP contribution in [0.3, 0.4) is 0 Å². The molecule has 1 aliphatic rings. The molecule has 0 saturated heterocycles. The third-order valence-electron chi connectivity index (χ3n) is 2.27. The molecule has 1 heterocycles. The minimum atomic E-state index is -0.757. The molecule has 2 heteroatoms. The Bertz CT molecular complexity index is 163. The van der Waals surface area contributed by atoms with Gasteiger partial charge in [-0.15, -0.1) is 0 Å². The molecule has 1 rings (SSSR count). The van der Waals surface area contributed by atoms with E-state index in [1.165, 1.54) is 0 Å². The van der Waals surface area contributed by atoms with Gasteiger partial charge in [0.2, 0.25) is 0 Å². The molecule has 0 N–H and O–H groups in total. The topological polar surface area (TPSA) is 12.4 Å². The summed E-state index contributed by atoms with van der Waals surface area (Å²) in [6.45, 7) is 6.16. The predicted octanol–water partition coefficient (Wildman–Crippen LogP) is 2.60. The fraction of sp³-hybridized carbons (Fsp3) is 0.889. The molecule has 0 saturated carbocycles. The quantitative estimate of drug-likeness (QED) is 0.584. The van der Waals surface area contributed by atoms with Gasteiger partial charge in [0.25, 0.3) is 0 Å². The summed E-state index contributed by atoms with van der Waals surface area (Å²) in [6, 6.07) is 0.236. The van der Waals surface area contributed by atoms with Crippen LogP contribution in [0.25, 0.3) is 0 Å². The third kappa shape index (κ3) is 1.79. The zero-order valence-electron chi connectivity index (χ0n) is 7.47. The van der Waals surface area contributed by atoms with Gasteiger partial charge in [0, 0.05) is 12.1 Å². The van der Waals surface area contributed by atoms with Crippen LogP contribution < -0.4 is 0 Å². The predicted molar refractivity (Wildman–Crippen MR) is 45.9 cm³/mol. The van der Waals surface area contributed by atoms with E-state index in [-0.39, 0.29) is 6.04 Å². The van der Waals surface area contributed by atoms with E-state index in [1.54, 1.807) is 0 Å². The maximum atomic E-state index is 13.1. The molecule has 0 aromatic heterocycles. The first-order chi connectivity index (χ1) is 5.15. The van der Waals surface area contributed by atoms with Crippen LogP contribution in [-0.4, -0.2) is 17.9 Å². The zero-order valence-corrected chi connectivity index (χ0v) is 7.47. The largest absolute Gasteiger partial charge is 0.287 e. The van der Waals surface area contributed by atoms with Gasteiger partial charge in [0.1, 0.15) is 6.17 Å². The maximum absolute atomic E-state index is 13.1. The lowest BCUT2D eigenvalue weighted by Gasteiger charge is -2.09. The average molecular weight is 157 g/mol. The van der Waals surface area contributed by atoms with E-state index < -0.39 is 6.17 Å². The molecular formula is C9H16FN. The number of rotatable bonds is 2. The van der Waals surface area contributed by atoms with Gasteiger partial charge in [-0.05, 0) is 12.3 Å². The van der Waals surface area contributed by atoms with Crippen LogP contribution >= 0.6 is 0 Å². The van der Waals surface area contributed by atoms with E-state index >= 15 is 0 Å². The summed E-state index contributed by atoms with van der Waals surface area (Å²) in [4.78, 5) is 4.33. The highest BCUT2D eigenvalue weighted by atomic mass is 19.1.